The fourth-order valence-corrected chi connectivity index (χ4v) is 4.53. The van der Waals surface area contributed by atoms with Gasteiger partial charge >= 0.3 is 6.03 Å². The first kappa shape index (κ1) is 11.1. The van der Waals surface area contributed by atoms with Crippen LogP contribution in [0.2, 0.25) is 0 Å². The Bertz CT molecular complexity index is 267. The lowest BCUT2D eigenvalue weighted by Gasteiger charge is -2.34. The van der Waals surface area contributed by atoms with Crippen molar-refractivity contribution < 1.29 is 4.79 Å². The summed E-state index contributed by atoms with van der Waals surface area (Å²) in [4.78, 5) is 11.3. The van der Waals surface area contributed by atoms with Gasteiger partial charge in [-0.2, -0.15) is 11.8 Å². The summed E-state index contributed by atoms with van der Waals surface area (Å²) in [5.41, 5.74) is 0.318. The second kappa shape index (κ2) is 3.89. The Labute approximate surface area is 95.8 Å². The normalized spacial score (nSPS) is 34.9. The van der Waals surface area contributed by atoms with Crippen LogP contribution in [0.1, 0.15) is 33.6 Å². The van der Waals surface area contributed by atoms with Gasteiger partial charge in [0.05, 0.1) is 12.1 Å². The molecule has 2 fully saturated rings. The summed E-state index contributed by atoms with van der Waals surface area (Å²) in [7, 11) is 0. The molecule has 0 saturated carbocycles. The summed E-state index contributed by atoms with van der Waals surface area (Å²) in [5.74, 6) is 1.06. The van der Waals surface area contributed by atoms with Gasteiger partial charge in [-0.05, 0) is 11.8 Å². The molecule has 0 aromatic rings. The van der Waals surface area contributed by atoms with Crippen molar-refractivity contribution in [1.29, 1.82) is 0 Å². The summed E-state index contributed by atoms with van der Waals surface area (Å²) >= 11 is 2.01. The van der Waals surface area contributed by atoms with E-state index in [1.807, 2.05) is 11.8 Å². The van der Waals surface area contributed by atoms with Crippen molar-refractivity contribution in [3.63, 3.8) is 0 Å². The van der Waals surface area contributed by atoms with Crippen LogP contribution in [0.5, 0.6) is 0 Å². The number of carbonyl (C=O) groups excluding carboxylic acids is 1. The molecule has 0 aliphatic carbocycles. The second-order valence-electron chi connectivity index (χ2n) is 5.24. The standard InChI is InChI=1S/C11H20N2OS/c1-4-5-11(2,3)9-8-7(6-15-9)12-10(14)13-8/h7-9H,4-6H2,1-3H3,(H2,12,13,14). The monoisotopic (exact) mass is 228 g/mol. The predicted molar refractivity (Wildman–Crippen MR) is 64.2 cm³/mol. The van der Waals surface area contributed by atoms with E-state index in [0.717, 1.165) is 5.75 Å². The Morgan fingerprint density at radius 3 is 2.87 bits per heavy atom. The van der Waals surface area contributed by atoms with E-state index in [1.165, 1.54) is 12.8 Å². The number of urea groups is 1. The van der Waals surface area contributed by atoms with Crippen LogP contribution in [0.25, 0.3) is 0 Å². The summed E-state index contributed by atoms with van der Waals surface area (Å²) in [6, 6.07) is 0.704. The van der Waals surface area contributed by atoms with Gasteiger partial charge in [-0.15, -0.1) is 0 Å². The zero-order chi connectivity index (χ0) is 11.1. The molecule has 2 aliphatic rings. The zero-order valence-corrected chi connectivity index (χ0v) is 10.5. The highest BCUT2D eigenvalue weighted by atomic mass is 32.2. The minimum Gasteiger partial charge on any atom is -0.332 e. The van der Waals surface area contributed by atoms with Gasteiger partial charge in [0.25, 0.3) is 0 Å². The van der Waals surface area contributed by atoms with E-state index >= 15 is 0 Å². The lowest BCUT2D eigenvalue weighted by atomic mass is 9.80. The Morgan fingerprint density at radius 2 is 2.20 bits per heavy atom. The summed E-state index contributed by atoms with van der Waals surface area (Å²) < 4.78 is 0. The number of carbonyl (C=O) groups is 1. The van der Waals surface area contributed by atoms with Crippen molar-refractivity contribution >= 4 is 17.8 Å². The third-order valence-corrected chi connectivity index (χ3v) is 5.34. The fourth-order valence-electron chi connectivity index (χ4n) is 2.79. The van der Waals surface area contributed by atoms with Crippen LogP contribution in [0.4, 0.5) is 4.79 Å². The van der Waals surface area contributed by atoms with Gasteiger partial charge in [0, 0.05) is 11.0 Å². The van der Waals surface area contributed by atoms with Gasteiger partial charge in [0.1, 0.15) is 0 Å². The first-order valence-corrected chi connectivity index (χ1v) is 6.78. The van der Waals surface area contributed by atoms with Crippen molar-refractivity contribution in [1.82, 2.24) is 10.6 Å². The number of fused-ring (bicyclic) bond motifs is 1. The molecule has 3 atom stereocenters. The van der Waals surface area contributed by atoms with Crippen LogP contribution in [-0.4, -0.2) is 29.1 Å². The van der Waals surface area contributed by atoms with E-state index in [1.54, 1.807) is 0 Å². The molecule has 3 unspecified atom stereocenters. The van der Waals surface area contributed by atoms with E-state index in [2.05, 4.69) is 31.4 Å². The third kappa shape index (κ3) is 1.96. The van der Waals surface area contributed by atoms with Gasteiger partial charge in [-0.25, -0.2) is 4.79 Å². The molecular weight excluding hydrogens is 208 g/mol. The number of rotatable bonds is 3. The molecule has 2 aliphatic heterocycles. The largest absolute Gasteiger partial charge is 0.332 e. The number of hydrogen-bond donors (Lipinski definition) is 2. The van der Waals surface area contributed by atoms with Crippen LogP contribution < -0.4 is 10.6 Å². The Balaban J connectivity index is 2.08. The van der Waals surface area contributed by atoms with Crippen LogP contribution in [0, 0.1) is 5.41 Å². The van der Waals surface area contributed by atoms with Crippen molar-refractivity contribution in [3.8, 4) is 0 Å². The smallest absolute Gasteiger partial charge is 0.315 e. The van der Waals surface area contributed by atoms with Crippen molar-refractivity contribution in [2.75, 3.05) is 5.75 Å². The van der Waals surface area contributed by atoms with Crippen molar-refractivity contribution in [3.05, 3.63) is 0 Å². The van der Waals surface area contributed by atoms with Crippen LogP contribution >= 0.6 is 11.8 Å². The maximum absolute atomic E-state index is 11.3. The molecule has 0 aromatic heterocycles. The average molecular weight is 228 g/mol. The zero-order valence-electron chi connectivity index (χ0n) is 9.67. The van der Waals surface area contributed by atoms with Gasteiger partial charge in [0.15, 0.2) is 0 Å². The van der Waals surface area contributed by atoms with Gasteiger partial charge < -0.3 is 10.6 Å². The minimum atomic E-state index is 0.0163. The van der Waals surface area contributed by atoms with E-state index < -0.39 is 0 Å². The molecule has 2 rings (SSSR count). The van der Waals surface area contributed by atoms with Gasteiger partial charge in [0.2, 0.25) is 0 Å². The minimum absolute atomic E-state index is 0.0163. The average Bonchev–Trinajstić information content (AvgIpc) is 2.61. The summed E-state index contributed by atoms with van der Waals surface area (Å²) in [6.45, 7) is 6.87. The van der Waals surface area contributed by atoms with E-state index in [4.69, 9.17) is 0 Å². The SMILES string of the molecule is CCCC(C)(C)C1SCC2NC(=O)NC21. The highest BCUT2D eigenvalue weighted by Gasteiger charge is 2.48. The fraction of sp³-hybridized carbons (Fsp3) is 0.909. The van der Waals surface area contributed by atoms with Crippen LogP contribution in [-0.2, 0) is 0 Å². The lowest BCUT2D eigenvalue weighted by Crippen LogP contribution is -2.44. The first-order chi connectivity index (χ1) is 7.04. The van der Waals surface area contributed by atoms with Crippen LogP contribution in [0.15, 0.2) is 0 Å². The molecule has 2 heterocycles. The van der Waals surface area contributed by atoms with Gasteiger partial charge in [-0.1, -0.05) is 27.2 Å². The maximum Gasteiger partial charge on any atom is 0.315 e. The second-order valence-corrected chi connectivity index (χ2v) is 6.42. The number of nitrogens with one attached hydrogen (secondary N) is 2. The molecular formula is C11H20N2OS. The summed E-state index contributed by atoms with van der Waals surface area (Å²) in [5, 5.41) is 6.61. The molecule has 86 valence electrons. The Hall–Kier alpha value is -0.380. The first-order valence-electron chi connectivity index (χ1n) is 5.73. The maximum atomic E-state index is 11.3. The molecule has 0 aromatic carbocycles. The van der Waals surface area contributed by atoms with E-state index in [-0.39, 0.29) is 6.03 Å². The Morgan fingerprint density at radius 1 is 1.47 bits per heavy atom. The highest BCUT2D eigenvalue weighted by Crippen LogP contribution is 2.43. The lowest BCUT2D eigenvalue weighted by molar-refractivity contribution is 0.244. The quantitative estimate of drug-likeness (QED) is 0.725. The molecule has 2 saturated heterocycles. The van der Waals surface area contributed by atoms with E-state index in [9.17, 15) is 4.79 Å². The van der Waals surface area contributed by atoms with Crippen molar-refractivity contribution in [2.24, 2.45) is 5.41 Å². The number of amides is 2. The van der Waals surface area contributed by atoms with Crippen molar-refractivity contribution in [2.45, 2.75) is 50.9 Å². The molecule has 2 N–H and O–H groups in total. The highest BCUT2D eigenvalue weighted by molar-refractivity contribution is 8.00. The number of thioether (sulfide) groups is 1. The molecule has 15 heavy (non-hydrogen) atoms. The molecule has 0 bridgehead atoms. The number of hydrogen-bond acceptors (Lipinski definition) is 2. The molecule has 4 heteroatoms. The molecule has 2 amide bonds. The third-order valence-electron chi connectivity index (χ3n) is 3.49. The summed E-state index contributed by atoms with van der Waals surface area (Å²) in [6.07, 6.45) is 2.44. The van der Waals surface area contributed by atoms with Gasteiger partial charge in [-0.3, -0.25) is 0 Å². The Kier molecular flexibility index (Phi) is 2.88. The predicted octanol–water partition coefficient (Wildman–Crippen LogP) is 1.98. The van der Waals surface area contributed by atoms with Crippen LogP contribution in [0.3, 0.4) is 0 Å². The topological polar surface area (TPSA) is 41.1 Å². The van der Waals surface area contributed by atoms with E-state index in [0.29, 0.717) is 22.7 Å². The molecule has 0 radical (unpaired) electrons. The molecule has 0 spiro atoms. The molecule has 3 nitrogen and oxygen atoms in total.